The van der Waals surface area contributed by atoms with Gasteiger partial charge in [0.2, 0.25) is 0 Å². The lowest BCUT2D eigenvalue weighted by molar-refractivity contribution is -0.138. The number of aromatic nitrogens is 3. The number of carbonyl (C=O) groups excluding carboxylic acids is 1. The lowest BCUT2D eigenvalue weighted by Gasteiger charge is -2.22. The van der Waals surface area contributed by atoms with E-state index < -0.39 is 17.6 Å². The summed E-state index contributed by atoms with van der Waals surface area (Å²) < 4.78 is 41.5. The first kappa shape index (κ1) is 17.4. The van der Waals surface area contributed by atoms with Crippen LogP contribution in [0.15, 0.2) is 24.3 Å². The highest BCUT2D eigenvalue weighted by Gasteiger charge is 2.36. The zero-order valence-corrected chi connectivity index (χ0v) is 14.0. The first-order valence-electron chi connectivity index (χ1n) is 8.16. The predicted molar refractivity (Wildman–Crippen MR) is 85.2 cm³/mol. The molecule has 1 amide bonds. The number of hydrogen-bond acceptors (Lipinski definition) is 3. The Morgan fingerprint density at radius 2 is 1.84 bits per heavy atom. The molecule has 1 aliphatic heterocycles. The maximum Gasteiger partial charge on any atom is 0.417 e. The molecular weight excluding hydrogens is 333 g/mol. The second-order valence-electron chi connectivity index (χ2n) is 6.37. The van der Waals surface area contributed by atoms with E-state index in [-0.39, 0.29) is 11.5 Å². The third-order valence-electron chi connectivity index (χ3n) is 4.32. The van der Waals surface area contributed by atoms with Crippen molar-refractivity contribution < 1.29 is 18.0 Å². The van der Waals surface area contributed by atoms with Gasteiger partial charge in [0.25, 0.3) is 5.91 Å². The van der Waals surface area contributed by atoms with E-state index in [0.717, 1.165) is 17.7 Å². The lowest BCUT2D eigenvalue weighted by Crippen LogP contribution is -2.35. The number of nitrogens with zero attached hydrogens (tertiary/aromatic N) is 4. The Morgan fingerprint density at radius 3 is 2.52 bits per heavy atom. The highest BCUT2D eigenvalue weighted by molar-refractivity contribution is 5.96. The summed E-state index contributed by atoms with van der Waals surface area (Å²) in [7, 11) is 0. The van der Waals surface area contributed by atoms with Crippen molar-refractivity contribution in [2.24, 2.45) is 0 Å². The van der Waals surface area contributed by atoms with Crippen molar-refractivity contribution >= 4 is 5.91 Å². The molecule has 0 atom stereocenters. The molecule has 0 N–H and O–H groups in total. The third-order valence-corrected chi connectivity index (χ3v) is 4.32. The largest absolute Gasteiger partial charge is 0.417 e. The van der Waals surface area contributed by atoms with E-state index in [1.807, 2.05) is 18.4 Å². The minimum atomic E-state index is -4.56. The molecule has 134 valence electrons. The standard InChI is InChI=1S/C17H19F3N4O/c1-11(2)15-22-21-14-7-8-23(9-10-24(14)15)16(25)12-5-3-4-6-13(12)17(18,19)20/h3-6,11H,7-10H2,1-2H3. The summed E-state index contributed by atoms with van der Waals surface area (Å²) in [5, 5.41) is 8.33. The Bertz CT molecular complexity index is 782. The van der Waals surface area contributed by atoms with E-state index >= 15 is 0 Å². The Balaban J connectivity index is 1.84. The normalized spacial score (nSPS) is 15.2. The summed E-state index contributed by atoms with van der Waals surface area (Å²) in [6, 6.07) is 4.91. The lowest BCUT2D eigenvalue weighted by atomic mass is 10.1. The van der Waals surface area contributed by atoms with E-state index in [9.17, 15) is 18.0 Å². The van der Waals surface area contributed by atoms with Crippen LogP contribution in [-0.4, -0.2) is 38.7 Å². The summed E-state index contributed by atoms with van der Waals surface area (Å²) in [6.07, 6.45) is -4.08. The van der Waals surface area contributed by atoms with Crippen molar-refractivity contribution in [1.29, 1.82) is 0 Å². The topological polar surface area (TPSA) is 51.0 Å². The molecule has 1 aromatic heterocycles. The summed E-state index contributed by atoms with van der Waals surface area (Å²) >= 11 is 0. The first-order valence-corrected chi connectivity index (χ1v) is 8.16. The second kappa shape index (κ2) is 6.50. The van der Waals surface area contributed by atoms with Crippen LogP contribution in [0.1, 0.15) is 47.3 Å². The molecule has 8 heteroatoms. The zero-order chi connectivity index (χ0) is 18.2. The molecule has 25 heavy (non-hydrogen) atoms. The number of amides is 1. The molecule has 0 saturated carbocycles. The predicted octanol–water partition coefficient (Wildman–Crippen LogP) is 3.12. The zero-order valence-electron chi connectivity index (χ0n) is 14.0. The van der Waals surface area contributed by atoms with Gasteiger partial charge in [0.05, 0.1) is 11.1 Å². The molecule has 0 fully saturated rings. The van der Waals surface area contributed by atoms with Gasteiger partial charge in [-0.15, -0.1) is 10.2 Å². The number of carbonyl (C=O) groups is 1. The fourth-order valence-corrected chi connectivity index (χ4v) is 3.06. The number of alkyl halides is 3. The van der Waals surface area contributed by atoms with Crippen LogP contribution in [0.3, 0.4) is 0 Å². The molecular formula is C17H19F3N4O. The van der Waals surface area contributed by atoms with E-state index in [2.05, 4.69) is 10.2 Å². The van der Waals surface area contributed by atoms with Crippen LogP contribution >= 0.6 is 0 Å². The van der Waals surface area contributed by atoms with E-state index in [1.165, 1.54) is 23.1 Å². The molecule has 3 rings (SSSR count). The smallest absolute Gasteiger partial charge is 0.336 e. The van der Waals surface area contributed by atoms with Crippen LogP contribution in [0, 0.1) is 0 Å². The van der Waals surface area contributed by atoms with Crippen LogP contribution in [0.5, 0.6) is 0 Å². The Labute approximate surface area is 143 Å². The van der Waals surface area contributed by atoms with E-state index in [4.69, 9.17) is 0 Å². The van der Waals surface area contributed by atoms with Gasteiger partial charge in [0, 0.05) is 32.0 Å². The average molecular weight is 352 g/mol. The van der Waals surface area contributed by atoms with Gasteiger partial charge in [-0.2, -0.15) is 13.2 Å². The van der Waals surface area contributed by atoms with Crippen molar-refractivity contribution in [2.45, 2.75) is 38.9 Å². The van der Waals surface area contributed by atoms with E-state index in [0.29, 0.717) is 26.1 Å². The minimum Gasteiger partial charge on any atom is -0.336 e. The molecule has 0 radical (unpaired) electrons. The third kappa shape index (κ3) is 3.38. The summed E-state index contributed by atoms with van der Waals surface area (Å²) in [5.74, 6) is 1.19. The molecule has 2 aromatic rings. The SMILES string of the molecule is CC(C)c1nnc2n1CCN(C(=O)c1ccccc1C(F)(F)F)CC2. The Kier molecular flexibility index (Phi) is 4.53. The van der Waals surface area contributed by atoms with Crippen LogP contribution in [-0.2, 0) is 19.1 Å². The van der Waals surface area contributed by atoms with Crippen molar-refractivity contribution in [1.82, 2.24) is 19.7 Å². The molecule has 0 saturated heterocycles. The number of rotatable bonds is 2. The fourth-order valence-electron chi connectivity index (χ4n) is 3.06. The number of benzene rings is 1. The van der Waals surface area contributed by atoms with Gasteiger partial charge >= 0.3 is 6.18 Å². The van der Waals surface area contributed by atoms with Crippen LogP contribution in [0.25, 0.3) is 0 Å². The van der Waals surface area contributed by atoms with Gasteiger partial charge in [-0.25, -0.2) is 0 Å². The highest BCUT2D eigenvalue weighted by atomic mass is 19.4. The molecule has 1 aliphatic rings. The molecule has 0 spiro atoms. The van der Waals surface area contributed by atoms with Gasteiger partial charge in [-0.1, -0.05) is 26.0 Å². The molecule has 0 aliphatic carbocycles. The number of fused-ring (bicyclic) bond motifs is 1. The Morgan fingerprint density at radius 1 is 1.12 bits per heavy atom. The van der Waals surface area contributed by atoms with Crippen molar-refractivity contribution in [3.63, 3.8) is 0 Å². The maximum absolute atomic E-state index is 13.2. The highest BCUT2D eigenvalue weighted by Crippen LogP contribution is 2.32. The van der Waals surface area contributed by atoms with Crippen molar-refractivity contribution in [3.05, 3.63) is 47.0 Å². The van der Waals surface area contributed by atoms with E-state index in [1.54, 1.807) is 0 Å². The van der Waals surface area contributed by atoms with Gasteiger partial charge in [0.15, 0.2) is 0 Å². The summed E-state index contributed by atoms with van der Waals surface area (Å²) in [5.41, 5.74) is -1.21. The van der Waals surface area contributed by atoms with Crippen LogP contribution in [0.2, 0.25) is 0 Å². The fraction of sp³-hybridized carbons (Fsp3) is 0.471. The van der Waals surface area contributed by atoms with Gasteiger partial charge < -0.3 is 9.47 Å². The van der Waals surface area contributed by atoms with Crippen LogP contribution in [0.4, 0.5) is 13.2 Å². The Hall–Kier alpha value is -2.38. The summed E-state index contributed by atoms with van der Waals surface area (Å²) in [6.45, 7) is 5.14. The van der Waals surface area contributed by atoms with Crippen LogP contribution < -0.4 is 0 Å². The van der Waals surface area contributed by atoms with Gasteiger partial charge in [-0.05, 0) is 12.1 Å². The maximum atomic E-state index is 13.2. The van der Waals surface area contributed by atoms with Crippen molar-refractivity contribution in [3.8, 4) is 0 Å². The average Bonchev–Trinajstić information content (AvgIpc) is 2.86. The number of hydrogen-bond donors (Lipinski definition) is 0. The molecule has 5 nitrogen and oxygen atoms in total. The van der Waals surface area contributed by atoms with Gasteiger partial charge in [-0.3, -0.25) is 4.79 Å². The van der Waals surface area contributed by atoms with Crippen molar-refractivity contribution in [2.75, 3.05) is 13.1 Å². The molecule has 0 bridgehead atoms. The molecule has 0 unspecified atom stereocenters. The molecule has 2 heterocycles. The second-order valence-corrected chi connectivity index (χ2v) is 6.37. The first-order chi connectivity index (χ1) is 11.8. The molecule has 1 aromatic carbocycles. The monoisotopic (exact) mass is 352 g/mol. The van der Waals surface area contributed by atoms with Gasteiger partial charge in [0.1, 0.15) is 11.6 Å². The quantitative estimate of drug-likeness (QED) is 0.834. The summed E-state index contributed by atoms with van der Waals surface area (Å²) in [4.78, 5) is 14.2. The number of halogens is 3. The minimum absolute atomic E-state index is 0.189.